The van der Waals surface area contributed by atoms with Crippen LogP contribution >= 0.6 is 0 Å². The first kappa shape index (κ1) is 20.2. The number of anilines is 1. The van der Waals surface area contributed by atoms with Crippen molar-refractivity contribution in [1.29, 1.82) is 0 Å². The van der Waals surface area contributed by atoms with Crippen LogP contribution < -0.4 is 26.4 Å². The summed E-state index contributed by atoms with van der Waals surface area (Å²) in [6, 6.07) is 1.63. The van der Waals surface area contributed by atoms with Crippen molar-refractivity contribution in [3.63, 3.8) is 0 Å². The number of ketones is 1. The van der Waals surface area contributed by atoms with Crippen LogP contribution in [0.15, 0.2) is 26.4 Å². The van der Waals surface area contributed by atoms with E-state index in [1.165, 1.54) is 18.0 Å². The minimum atomic E-state index is -1.22. The largest absolute Gasteiger partial charge is 0.496 e. The first-order chi connectivity index (χ1) is 16.9. The molecule has 5 heterocycles. The highest BCUT2D eigenvalue weighted by Crippen LogP contribution is 2.54. The third kappa shape index (κ3) is 2.50. The van der Waals surface area contributed by atoms with E-state index < -0.39 is 35.7 Å². The number of aliphatic hydroxyl groups is 1. The third-order valence-electron chi connectivity index (χ3n) is 6.88. The van der Waals surface area contributed by atoms with E-state index in [0.29, 0.717) is 34.4 Å². The maximum Gasteiger partial charge on any atom is 0.347 e. The van der Waals surface area contributed by atoms with E-state index in [-0.39, 0.29) is 40.5 Å². The molecule has 0 saturated carbocycles. The predicted molar refractivity (Wildman–Crippen MR) is 118 cm³/mol. The van der Waals surface area contributed by atoms with Gasteiger partial charge in [-0.25, -0.2) is 9.78 Å². The van der Waals surface area contributed by atoms with Gasteiger partial charge >= 0.3 is 5.63 Å². The number of H-pyrrole nitrogens is 1. The highest BCUT2D eigenvalue weighted by atomic mass is 16.7. The number of carbonyl (C=O) groups is 1. The zero-order chi connectivity index (χ0) is 24.2. The van der Waals surface area contributed by atoms with Crippen LogP contribution in [-0.4, -0.2) is 49.9 Å². The number of imidazole rings is 1. The standard InChI is InChI=1S/C22H17N5O8/c1-32-8-4-9-12(16-11(8)6-2-3-7(28)10(6)20(31)34-16)13-15(29)19(35-21(13)33-9)27-5-24-17-14(27)18(30)26-22(23)25-17/h4-5,13,15,19,21,29H,2-3H2,1H3,(H3,23,25,26,30)/t13-,15+,19+,21+/m1/s1. The fourth-order valence-corrected chi connectivity index (χ4v) is 5.45. The van der Waals surface area contributed by atoms with Gasteiger partial charge in [-0.15, -0.1) is 0 Å². The van der Waals surface area contributed by atoms with Gasteiger partial charge in [-0.05, 0) is 12.0 Å². The molecule has 13 nitrogen and oxygen atoms in total. The zero-order valence-corrected chi connectivity index (χ0v) is 18.1. The summed E-state index contributed by atoms with van der Waals surface area (Å²) in [7, 11) is 1.47. The summed E-state index contributed by atoms with van der Waals surface area (Å²) < 4.78 is 24.5. The van der Waals surface area contributed by atoms with Gasteiger partial charge in [0.05, 0.1) is 24.0 Å². The van der Waals surface area contributed by atoms with Crippen LogP contribution in [0.1, 0.15) is 40.1 Å². The van der Waals surface area contributed by atoms with Crippen molar-refractivity contribution >= 4 is 33.9 Å². The molecule has 4 N–H and O–H groups in total. The Bertz CT molecular complexity index is 1720. The molecule has 13 heteroatoms. The summed E-state index contributed by atoms with van der Waals surface area (Å²) in [6.45, 7) is 0. The van der Waals surface area contributed by atoms with E-state index in [9.17, 15) is 19.5 Å². The van der Waals surface area contributed by atoms with Crippen molar-refractivity contribution < 1.29 is 28.5 Å². The SMILES string of the molecule is COc1cc2c(c3oc(=O)c4c(c13)CCC4=O)[C@H]1[C@@H](O2)O[C@H](n2cnc3nc(N)[nH]c(=O)c32)[C@H]1O. The number of aryl methyl sites for hydroxylation is 1. The maximum atomic E-state index is 12.7. The zero-order valence-electron chi connectivity index (χ0n) is 18.1. The average molecular weight is 479 g/mol. The molecular weight excluding hydrogens is 462 g/mol. The molecular formula is C22H17N5O8. The molecule has 3 aromatic heterocycles. The third-order valence-corrected chi connectivity index (χ3v) is 6.88. The summed E-state index contributed by atoms with van der Waals surface area (Å²) in [6.07, 6.45) is -1.30. The molecule has 178 valence electrons. The lowest BCUT2D eigenvalue weighted by Crippen LogP contribution is -2.25. The summed E-state index contributed by atoms with van der Waals surface area (Å²) >= 11 is 0. The van der Waals surface area contributed by atoms with Crippen molar-refractivity contribution in [2.24, 2.45) is 0 Å². The number of nitrogens with one attached hydrogen (secondary N) is 1. The summed E-state index contributed by atoms with van der Waals surface area (Å²) in [5.41, 5.74) is 5.69. The highest BCUT2D eigenvalue weighted by Gasteiger charge is 2.54. The molecule has 1 aromatic carbocycles. The van der Waals surface area contributed by atoms with Gasteiger partial charge in [0, 0.05) is 12.5 Å². The van der Waals surface area contributed by atoms with Gasteiger partial charge in [-0.3, -0.25) is 19.1 Å². The number of hydrogen-bond acceptors (Lipinski definition) is 11. The smallest absolute Gasteiger partial charge is 0.347 e. The van der Waals surface area contributed by atoms with Crippen molar-refractivity contribution in [2.45, 2.75) is 37.4 Å². The lowest BCUT2D eigenvalue weighted by Gasteiger charge is -2.20. The Morgan fingerprint density at radius 1 is 1.29 bits per heavy atom. The Kier molecular flexibility index (Phi) is 3.85. The number of fused-ring (bicyclic) bond motifs is 8. The molecule has 4 aromatic rings. The number of nitrogen functional groups attached to an aromatic ring is 1. The van der Waals surface area contributed by atoms with Crippen LogP contribution in [0.25, 0.3) is 22.1 Å². The minimum absolute atomic E-state index is 0.0307. The van der Waals surface area contributed by atoms with E-state index in [0.717, 1.165) is 0 Å². The molecule has 0 radical (unpaired) electrons. The van der Waals surface area contributed by atoms with Crippen molar-refractivity contribution in [1.82, 2.24) is 19.5 Å². The number of aromatic nitrogens is 4. The Morgan fingerprint density at radius 2 is 2.11 bits per heavy atom. The number of benzene rings is 1. The molecule has 0 amide bonds. The highest BCUT2D eigenvalue weighted by molar-refractivity contribution is 6.06. The number of nitrogens with two attached hydrogens (primary N) is 1. The number of methoxy groups -OCH3 is 1. The first-order valence-electron chi connectivity index (χ1n) is 10.8. The number of aliphatic hydroxyl groups excluding tert-OH is 1. The summed E-state index contributed by atoms with van der Waals surface area (Å²) in [5.74, 6) is -0.411. The van der Waals surface area contributed by atoms with E-state index in [2.05, 4.69) is 15.0 Å². The Balaban J connectivity index is 1.41. The van der Waals surface area contributed by atoms with E-state index in [1.807, 2.05) is 0 Å². The van der Waals surface area contributed by atoms with Crippen molar-refractivity contribution in [2.75, 3.05) is 12.8 Å². The average Bonchev–Trinajstić information content (AvgIpc) is 3.56. The Hall–Kier alpha value is -4.23. The lowest BCUT2D eigenvalue weighted by molar-refractivity contribution is -0.103. The van der Waals surface area contributed by atoms with Gasteiger partial charge < -0.3 is 29.5 Å². The van der Waals surface area contributed by atoms with E-state index in [1.54, 1.807) is 6.07 Å². The van der Waals surface area contributed by atoms with Gasteiger partial charge in [-0.1, -0.05) is 0 Å². The van der Waals surface area contributed by atoms with Gasteiger partial charge in [0.15, 0.2) is 23.2 Å². The fourth-order valence-electron chi connectivity index (χ4n) is 5.45. The molecule has 35 heavy (non-hydrogen) atoms. The van der Waals surface area contributed by atoms with Gasteiger partial charge in [0.2, 0.25) is 12.2 Å². The lowest BCUT2D eigenvalue weighted by atomic mass is 9.91. The van der Waals surface area contributed by atoms with Gasteiger partial charge in [-0.2, -0.15) is 4.98 Å². The molecule has 0 bridgehead atoms. The molecule has 3 aliphatic rings. The first-order valence-corrected chi connectivity index (χ1v) is 10.8. The topological polar surface area (TPSA) is 185 Å². The number of nitrogens with zero attached hydrogens (tertiary/aromatic N) is 3. The van der Waals surface area contributed by atoms with Crippen LogP contribution in [-0.2, 0) is 11.2 Å². The second kappa shape index (κ2) is 6.67. The number of Topliss-reactive ketones (excluding diaryl/α,β-unsaturated/α-hetero) is 1. The molecule has 0 unspecified atom stereocenters. The second-order valence-electron chi connectivity index (χ2n) is 8.67. The molecule has 0 spiro atoms. The number of ether oxygens (including phenoxy) is 3. The second-order valence-corrected chi connectivity index (χ2v) is 8.67. The molecule has 1 saturated heterocycles. The molecule has 7 rings (SSSR count). The number of aromatic amines is 1. The van der Waals surface area contributed by atoms with Crippen LogP contribution in [0.3, 0.4) is 0 Å². The molecule has 1 fully saturated rings. The molecule has 1 aliphatic carbocycles. The Labute approximate surface area is 194 Å². The van der Waals surface area contributed by atoms with E-state index >= 15 is 0 Å². The maximum absolute atomic E-state index is 12.7. The van der Waals surface area contributed by atoms with Crippen LogP contribution in [0.5, 0.6) is 11.5 Å². The summed E-state index contributed by atoms with van der Waals surface area (Å²) in [5, 5.41) is 11.9. The number of rotatable bonds is 2. The molecule has 2 aliphatic heterocycles. The normalized spacial score (nSPS) is 24.6. The van der Waals surface area contributed by atoms with E-state index in [4.69, 9.17) is 24.4 Å². The number of carbonyl (C=O) groups excluding carboxylic acids is 1. The minimum Gasteiger partial charge on any atom is -0.496 e. The summed E-state index contributed by atoms with van der Waals surface area (Å²) in [4.78, 5) is 48.1. The molecule has 4 atom stereocenters. The van der Waals surface area contributed by atoms with Crippen molar-refractivity contribution in [3.05, 3.63) is 49.9 Å². The fraction of sp³-hybridized carbons (Fsp3) is 0.318. The van der Waals surface area contributed by atoms with Crippen LogP contribution in [0.4, 0.5) is 5.95 Å². The van der Waals surface area contributed by atoms with Crippen LogP contribution in [0.2, 0.25) is 0 Å². The predicted octanol–water partition coefficient (Wildman–Crippen LogP) is 0.338. The van der Waals surface area contributed by atoms with Crippen molar-refractivity contribution in [3.8, 4) is 11.5 Å². The Morgan fingerprint density at radius 3 is 2.91 bits per heavy atom. The monoisotopic (exact) mass is 479 g/mol. The van der Waals surface area contributed by atoms with Gasteiger partial charge in [0.1, 0.15) is 35.1 Å². The van der Waals surface area contributed by atoms with Gasteiger partial charge in [0.25, 0.3) is 5.56 Å². The number of hydrogen-bond donors (Lipinski definition) is 3. The van der Waals surface area contributed by atoms with Crippen LogP contribution in [0, 0.1) is 0 Å². The quantitative estimate of drug-likeness (QED) is 0.337.